The summed E-state index contributed by atoms with van der Waals surface area (Å²) in [5.74, 6) is 1.33. The van der Waals surface area contributed by atoms with Crippen molar-refractivity contribution in [2.24, 2.45) is 5.41 Å². The van der Waals surface area contributed by atoms with Gasteiger partial charge in [0.2, 0.25) is 0 Å². The minimum Gasteiger partial charge on any atom is -0.348 e. The molecule has 0 spiro atoms. The van der Waals surface area contributed by atoms with Crippen LogP contribution >= 0.6 is 23.1 Å². The predicted octanol–water partition coefficient (Wildman–Crippen LogP) is 3.49. The van der Waals surface area contributed by atoms with Crippen molar-refractivity contribution in [2.75, 3.05) is 24.0 Å². The summed E-state index contributed by atoms with van der Waals surface area (Å²) in [6, 6.07) is 0.436. The van der Waals surface area contributed by atoms with Crippen molar-refractivity contribution in [1.82, 2.24) is 4.98 Å². The van der Waals surface area contributed by atoms with Gasteiger partial charge in [-0.2, -0.15) is 11.8 Å². The molecule has 2 rings (SSSR count). The van der Waals surface area contributed by atoms with E-state index in [0.717, 1.165) is 27.9 Å². The molecular weight excluding hydrogens is 276 g/mol. The number of carbonyl (C=O) groups is 1. The molecule has 1 heterocycles. The quantitative estimate of drug-likeness (QED) is 0.852. The van der Waals surface area contributed by atoms with Gasteiger partial charge in [0.25, 0.3) is 0 Å². The van der Waals surface area contributed by atoms with Crippen LogP contribution in [0.3, 0.4) is 0 Å². The summed E-state index contributed by atoms with van der Waals surface area (Å²) in [5.41, 5.74) is 1.06. The van der Waals surface area contributed by atoms with Crippen LogP contribution in [-0.4, -0.2) is 35.9 Å². The second-order valence-corrected chi connectivity index (χ2v) is 8.02. The Hall–Kier alpha value is -0.550. The second-order valence-electron chi connectivity index (χ2n) is 6.13. The fourth-order valence-corrected chi connectivity index (χ4v) is 4.19. The lowest BCUT2D eigenvalue weighted by Gasteiger charge is -2.26. The third-order valence-corrected chi connectivity index (χ3v) is 5.64. The molecule has 1 aromatic heterocycles. The van der Waals surface area contributed by atoms with Gasteiger partial charge in [0.05, 0.1) is 10.6 Å². The summed E-state index contributed by atoms with van der Waals surface area (Å²) in [6.07, 6.45) is 3.67. The van der Waals surface area contributed by atoms with Crippen molar-refractivity contribution in [2.45, 2.75) is 39.7 Å². The van der Waals surface area contributed by atoms with Crippen LogP contribution in [0.15, 0.2) is 0 Å². The van der Waals surface area contributed by atoms with Crippen LogP contribution < -0.4 is 4.90 Å². The van der Waals surface area contributed by atoms with Gasteiger partial charge in [0.15, 0.2) is 10.9 Å². The summed E-state index contributed by atoms with van der Waals surface area (Å²) >= 11 is 3.40. The Morgan fingerprint density at radius 1 is 1.47 bits per heavy atom. The van der Waals surface area contributed by atoms with Gasteiger partial charge in [-0.1, -0.05) is 25.2 Å². The molecule has 0 fully saturated rings. The topological polar surface area (TPSA) is 33.2 Å². The molecular formula is C14H22N2OS2. The molecule has 19 heavy (non-hydrogen) atoms. The molecule has 3 nitrogen and oxygen atoms in total. The first-order valence-electron chi connectivity index (χ1n) is 6.59. The van der Waals surface area contributed by atoms with Crippen LogP contribution in [0, 0.1) is 5.41 Å². The number of rotatable bonds is 4. The van der Waals surface area contributed by atoms with E-state index in [9.17, 15) is 4.79 Å². The Morgan fingerprint density at radius 2 is 2.16 bits per heavy atom. The SMILES string of the molecule is CSCC(C)N(C)c1nc2c(s1)C(=O)CC(C)(C)C2. The highest BCUT2D eigenvalue weighted by molar-refractivity contribution is 7.98. The Kier molecular flexibility index (Phi) is 4.26. The van der Waals surface area contributed by atoms with Crippen LogP contribution in [0.5, 0.6) is 0 Å². The highest BCUT2D eigenvalue weighted by atomic mass is 32.2. The number of thioether (sulfide) groups is 1. The Balaban J connectivity index is 2.25. The van der Waals surface area contributed by atoms with Crippen molar-refractivity contribution < 1.29 is 4.79 Å². The molecule has 0 saturated carbocycles. The van der Waals surface area contributed by atoms with Crippen molar-refractivity contribution in [3.8, 4) is 0 Å². The Bertz CT molecular complexity index is 482. The first-order chi connectivity index (χ1) is 8.84. The van der Waals surface area contributed by atoms with Gasteiger partial charge in [-0.25, -0.2) is 4.98 Å². The Labute approximate surface area is 123 Å². The molecule has 0 aromatic carbocycles. The molecule has 0 aliphatic heterocycles. The predicted molar refractivity (Wildman–Crippen MR) is 84.8 cm³/mol. The first-order valence-corrected chi connectivity index (χ1v) is 8.80. The maximum atomic E-state index is 12.2. The average Bonchev–Trinajstić information content (AvgIpc) is 2.70. The molecule has 1 atom stereocenters. The van der Waals surface area contributed by atoms with Crippen LogP contribution in [0.1, 0.15) is 42.6 Å². The zero-order chi connectivity index (χ0) is 14.2. The third kappa shape index (κ3) is 3.14. The van der Waals surface area contributed by atoms with Crippen molar-refractivity contribution in [3.05, 3.63) is 10.6 Å². The molecule has 0 N–H and O–H groups in total. The number of hydrogen-bond acceptors (Lipinski definition) is 5. The van der Waals surface area contributed by atoms with E-state index in [0.29, 0.717) is 12.5 Å². The van der Waals surface area contributed by atoms with Gasteiger partial charge < -0.3 is 4.90 Å². The molecule has 0 saturated heterocycles. The van der Waals surface area contributed by atoms with E-state index >= 15 is 0 Å². The zero-order valence-electron chi connectivity index (χ0n) is 12.3. The molecule has 106 valence electrons. The molecule has 0 bridgehead atoms. The smallest absolute Gasteiger partial charge is 0.186 e. The fourth-order valence-electron chi connectivity index (χ4n) is 2.40. The molecule has 1 unspecified atom stereocenters. The number of anilines is 1. The Morgan fingerprint density at radius 3 is 2.79 bits per heavy atom. The highest BCUT2D eigenvalue weighted by Gasteiger charge is 2.34. The highest BCUT2D eigenvalue weighted by Crippen LogP contribution is 2.39. The molecule has 1 aliphatic rings. The number of Topliss-reactive ketones (excluding diaryl/α,β-unsaturated/α-hetero) is 1. The van der Waals surface area contributed by atoms with E-state index in [1.165, 1.54) is 0 Å². The van der Waals surface area contributed by atoms with E-state index in [-0.39, 0.29) is 11.2 Å². The maximum absolute atomic E-state index is 12.2. The normalized spacial score (nSPS) is 19.1. The number of aromatic nitrogens is 1. The fraction of sp³-hybridized carbons (Fsp3) is 0.714. The van der Waals surface area contributed by atoms with Gasteiger partial charge in [0, 0.05) is 25.3 Å². The number of ketones is 1. The standard InChI is InChI=1S/C14H22N2OS2/c1-9(8-18-5)16(4)13-15-10-6-14(2,3)7-11(17)12(10)19-13/h9H,6-8H2,1-5H3. The first kappa shape index (κ1) is 14.9. The summed E-state index contributed by atoms with van der Waals surface area (Å²) in [6.45, 7) is 6.49. The van der Waals surface area contributed by atoms with Crippen LogP contribution in [0.25, 0.3) is 0 Å². The van der Waals surface area contributed by atoms with Crippen LogP contribution in [0.2, 0.25) is 0 Å². The number of hydrogen-bond donors (Lipinski definition) is 0. The molecule has 1 aliphatic carbocycles. The lowest BCUT2D eigenvalue weighted by Crippen LogP contribution is -2.30. The van der Waals surface area contributed by atoms with Gasteiger partial charge in [-0.3, -0.25) is 4.79 Å². The number of nitrogens with zero attached hydrogens (tertiary/aromatic N) is 2. The van der Waals surface area contributed by atoms with E-state index in [4.69, 9.17) is 4.98 Å². The largest absolute Gasteiger partial charge is 0.348 e. The lowest BCUT2D eigenvalue weighted by molar-refractivity contribution is 0.0916. The molecule has 5 heteroatoms. The van der Waals surface area contributed by atoms with Gasteiger partial charge in [-0.15, -0.1) is 0 Å². The van der Waals surface area contributed by atoms with Crippen LogP contribution in [-0.2, 0) is 6.42 Å². The minimum absolute atomic E-state index is 0.0544. The summed E-state index contributed by atoms with van der Waals surface area (Å²) in [7, 11) is 2.07. The number of fused-ring (bicyclic) bond motifs is 1. The third-order valence-electron chi connectivity index (χ3n) is 3.60. The minimum atomic E-state index is 0.0544. The number of thiazole rings is 1. The van der Waals surface area contributed by atoms with E-state index in [2.05, 4.69) is 39.0 Å². The zero-order valence-corrected chi connectivity index (χ0v) is 14.0. The number of carbonyl (C=O) groups excluding carboxylic acids is 1. The second kappa shape index (κ2) is 5.44. The average molecular weight is 298 g/mol. The summed E-state index contributed by atoms with van der Waals surface area (Å²) in [5, 5.41) is 0.984. The van der Waals surface area contributed by atoms with Gasteiger partial charge >= 0.3 is 0 Å². The molecule has 1 aromatic rings. The molecule has 0 radical (unpaired) electrons. The van der Waals surface area contributed by atoms with Crippen LogP contribution in [0.4, 0.5) is 5.13 Å². The van der Waals surface area contributed by atoms with Gasteiger partial charge in [0.1, 0.15) is 0 Å². The lowest BCUT2D eigenvalue weighted by atomic mass is 9.78. The van der Waals surface area contributed by atoms with Crippen molar-refractivity contribution >= 4 is 34.0 Å². The van der Waals surface area contributed by atoms with Gasteiger partial charge in [-0.05, 0) is 25.0 Å². The maximum Gasteiger partial charge on any atom is 0.186 e. The monoisotopic (exact) mass is 298 g/mol. The molecule has 0 amide bonds. The van der Waals surface area contributed by atoms with E-state index in [1.807, 2.05) is 11.8 Å². The van der Waals surface area contributed by atoms with Crippen molar-refractivity contribution in [1.29, 1.82) is 0 Å². The van der Waals surface area contributed by atoms with E-state index < -0.39 is 0 Å². The van der Waals surface area contributed by atoms with E-state index in [1.54, 1.807) is 11.3 Å². The summed E-state index contributed by atoms with van der Waals surface area (Å²) < 4.78 is 0. The summed E-state index contributed by atoms with van der Waals surface area (Å²) in [4.78, 5) is 20.0. The van der Waals surface area contributed by atoms with Crippen molar-refractivity contribution in [3.63, 3.8) is 0 Å².